The van der Waals surface area contributed by atoms with Crippen LogP contribution in [0.3, 0.4) is 0 Å². The minimum atomic E-state index is -0.197. The molecule has 3 rings (SSSR count). The maximum atomic E-state index is 12.3. The number of carbonyl (C=O) groups is 1. The predicted molar refractivity (Wildman–Crippen MR) is 93.3 cm³/mol. The van der Waals surface area contributed by atoms with E-state index in [4.69, 9.17) is 16.3 Å². The minimum absolute atomic E-state index is 0.197. The van der Waals surface area contributed by atoms with Crippen molar-refractivity contribution < 1.29 is 9.53 Å². The largest absolute Gasteiger partial charge is 0.492 e. The van der Waals surface area contributed by atoms with Crippen molar-refractivity contribution in [1.82, 2.24) is 15.5 Å². The van der Waals surface area contributed by atoms with Crippen LogP contribution in [0.5, 0.6) is 5.75 Å². The molecular weight excluding hydrogens is 326 g/mol. The van der Waals surface area contributed by atoms with Crippen LogP contribution in [0, 0.1) is 0 Å². The molecule has 0 fully saturated rings. The Kier molecular flexibility index (Phi) is 5.13. The molecule has 24 heavy (non-hydrogen) atoms. The Morgan fingerprint density at radius 3 is 2.79 bits per heavy atom. The van der Waals surface area contributed by atoms with E-state index in [1.165, 1.54) is 6.20 Å². The molecule has 0 atom stereocenters. The van der Waals surface area contributed by atoms with Crippen LogP contribution in [-0.4, -0.2) is 29.3 Å². The summed E-state index contributed by atoms with van der Waals surface area (Å²) >= 11 is 5.89. The highest BCUT2D eigenvalue weighted by molar-refractivity contribution is 6.30. The van der Waals surface area contributed by atoms with Gasteiger partial charge in [0.1, 0.15) is 12.4 Å². The van der Waals surface area contributed by atoms with Gasteiger partial charge in [-0.3, -0.25) is 9.89 Å². The number of hydrogen-bond acceptors (Lipinski definition) is 3. The normalized spacial score (nSPS) is 10.4. The van der Waals surface area contributed by atoms with Gasteiger partial charge in [0.05, 0.1) is 24.0 Å². The molecule has 1 heterocycles. The van der Waals surface area contributed by atoms with E-state index in [1.807, 2.05) is 42.5 Å². The fraction of sp³-hybridized carbons (Fsp3) is 0.111. The van der Waals surface area contributed by atoms with Gasteiger partial charge in [0, 0.05) is 10.6 Å². The van der Waals surface area contributed by atoms with Crippen LogP contribution in [0.25, 0.3) is 11.3 Å². The van der Waals surface area contributed by atoms with Crippen LogP contribution in [0.15, 0.2) is 60.8 Å². The number of benzene rings is 2. The van der Waals surface area contributed by atoms with Crippen molar-refractivity contribution >= 4 is 17.5 Å². The Balaban J connectivity index is 1.56. The molecule has 5 nitrogen and oxygen atoms in total. The molecular formula is C18H16ClN3O2. The summed E-state index contributed by atoms with van der Waals surface area (Å²) in [5.74, 6) is 0.474. The number of nitrogens with zero attached hydrogens (tertiary/aromatic N) is 1. The van der Waals surface area contributed by atoms with E-state index in [0.717, 1.165) is 5.56 Å². The molecule has 2 N–H and O–H groups in total. The van der Waals surface area contributed by atoms with Gasteiger partial charge < -0.3 is 10.1 Å². The number of rotatable bonds is 6. The van der Waals surface area contributed by atoms with Crippen molar-refractivity contribution in [3.05, 3.63) is 71.4 Å². The number of nitrogens with one attached hydrogen (secondary N) is 2. The molecule has 2 aromatic carbocycles. The summed E-state index contributed by atoms with van der Waals surface area (Å²) in [6, 6.07) is 16.7. The van der Waals surface area contributed by atoms with E-state index in [1.54, 1.807) is 12.1 Å². The topological polar surface area (TPSA) is 67.0 Å². The zero-order valence-electron chi connectivity index (χ0n) is 12.8. The second-order valence-electron chi connectivity index (χ2n) is 5.09. The second kappa shape index (κ2) is 7.66. The first-order chi connectivity index (χ1) is 11.7. The van der Waals surface area contributed by atoms with Crippen LogP contribution in [0.4, 0.5) is 0 Å². The summed E-state index contributed by atoms with van der Waals surface area (Å²) in [4.78, 5) is 12.3. The summed E-state index contributed by atoms with van der Waals surface area (Å²) < 4.78 is 5.55. The Morgan fingerprint density at radius 1 is 1.17 bits per heavy atom. The molecule has 0 bridgehead atoms. The molecule has 0 aliphatic heterocycles. The van der Waals surface area contributed by atoms with Gasteiger partial charge in [-0.15, -0.1) is 0 Å². The van der Waals surface area contributed by atoms with Gasteiger partial charge >= 0.3 is 0 Å². The Hall–Kier alpha value is -2.79. The number of aromatic nitrogens is 2. The van der Waals surface area contributed by atoms with Crippen LogP contribution >= 0.6 is 11.6 Å². The van der Waals surface area contributed by atoms with Crippen molar-refractivity contribution in [3.63, 3.8) is 0 Å². The number of amides is 1. The molecule has 0 radical (unpaired) electrons. The molecule has 3 aromatic rings. The van der Waals surface area contributed by atoms with Gasteiger partial charge in [0.25, 0.3) is 5.91 Å². The standard InChI is InChI=1S/C18H16ClN3O2/c19-14-7-4-8-15(11-14)24-10-9-20-18(23)16-12-21-22-17(16)13-5-2-1-3-6-13/h1-8,11-12H,9-10H2,(H,20,23)(H,21,22). The summed E-state index contributed by atoms with van der Waals surface area (Å²) in [5, 5.41) is 10.3. The molecule has 122 valence electrons. The number of aromatic amines is 1. The Morgan fingerprint density at radius 2 is 2.00 bits per heavy atom. The van der Waals surface area contributed by atoms with Crippen LogP contribution < -0.4 is 10.1 Å². The number of carbonyl (C=O) groups excluding carboxylic acids is 1. The van der Waals surface area contributed by atoms with Gasteiger partial charge in [-0.2, -0.15) is 5.10 Å². The number of halogens is 1. The summed E-state index contributed by atoms with van der Waals surface area (Å²) in [5.41, 5.74) is 2.11. The van der Waals surface area contributed by atoms with E-state index < -0.39 is 0 Å². The molecule has 0 spiro atoms. The SMILES string of the molecule is O=C(NCCOc1cccc(Cl)c1)c1cn[nH]c1-c1ccccc1. The zero-order valence-corrected chi connectivity index (χ0v) is 13.6. The van der Waals surface area contributed by atoms with Gasteiger partial charge in [0.2, 0.25) is 0 Å². The number of hydrogen-bond donors (Lipinski definition) is 2. The van der Waals surface area contributed by atoms with Crippen LogP contribution in [0.1, 0.15) is 10.4 Å². The first-order valence-corrected chi connectivity index (χ1v) is 7.87. The second-order valence-corrected chi connectivity index (χ2v) is 5.52. The quantitative estimate of drug-likeness (QED) is 0.674. The van der Waals surface area contributed by atoms with Gasteiger partial charge in [-0.25, -0.2) is 0 Å². The lowest BCUT2D eigenvalue weighted by Gasteiger charge is -2.08. The minimum Gasteiger partial charge on any atom is -0.492 e. The molecule has 1 amide bonds. The third-order valence-corrected chi connectivity index (χ3v) is 3.63. The fourth-order valence-corrected chi connectivity index (χ4v) is 2.45. The third-order valence-electron chi connectivity index (χ3n) is 3.40. The highest BCUT2D eigenvalue weighted by Crippen LogP contribution is 2.20. The van der Waals surface area contributed by atoms with Gasteiger partial charge in [0.15, 0.2) is 0 Å². The van der Waals surface area contributed by atoms with Crippen molar-refractivity contribution in [3.8, 4) is 17.0 Å². The van der Waals surface area contributed by atoms with Crippen LogP contribution in [0.2, 0.25) is 5.02 Å². The first kappa shape index (κ1) is 16.1. The third kappa shape index (κ3) is 3.94. The van der Waals surface area contributed by atoms with E-state index in [9.17, 15) is 4.79 Å². The van der Waals surface area contributed by atoms with Gasteiger partial charge in [-0.05, 0) is 18.2 Å². The van der Waals surface area contributed by atoms with Crippen molar-refractivity contribution in [2.24, 2.45) is 0 Å². The maximum Gasteiger partial charge on any atom is 0.255 e. The highest BCUT2D eigenvalue weighted by Gasteiger charge is 2.14. The number of ether oxygens (including phenoxy) is 1. The van der Waals surface area contributed by atoms with E-state index in [-0.39, 0.29) is 5.91 Å². The molecule has 0 saturated carbocycles. The highest BCUT2D eigenvalue weighted by atomic mass is 35.5. The van der Waals surface area contributed by atoms with Crippen molar-refractivity contribution in [2.45, 2.75) is 0 Å². The zero-order chi connectivity index (χ0) is 16.8. The van der Waals surface area contributed by atoms with E-state index in [2.05, 4.69) is 15.5 Å². The summed E-state index contributed by atoms with van der Waals surface area (Å²) in [6.07, 6.45) is 1.52. The number of H-pyrrole nitrogens is 1. The van der Waals surface area contributed by atoms with Crippen LogP contribution in [-0.2, 0) is 0 Å². The van der Waals surface area contributed by atoms with Gasteiger partial charge in [-0.1, -0.05) is 48.0 Å². The lowest BCUT2D eigenvalue weighted by Crippen LogP contribution is -2.28. The fourth-order valence-electron chi connectivity index (χ4n) is 2.27. The summed E-state index contributed by atoms with van der Waals surface area (Å²) in [6.45, 7) is 0.732. The average Bonchev–Trinajstić information content (AvgIpc) is 3.09. The van der Waals surface area contributed by atoms with Crippen molar-refractivity contribution in [1.29, 1.82) is 0 Å². The lowest BCUT2D eigenvalue weighted by molar-refractivity contribution is 0.0947. The average molecular weight is 342 g/mol. The predicted octanol–water partition coefficient (Wildman–Crippen LogP) is 3.54. The Bertz CT molecular complexity index is 818. The van der Waals surface area contributed by atoms with E-state index >= 15 is 0 Å². The Labute approximate surface area is 144 Å². The first-order valence-electron chi connectivity index (χ1n) is 7.49. The summed E-state index contributed by atoms with van der Waals surface area (Å²) in [7, 11) is 0. The molecule has 1 aromatic heterocycles. The van der Waals surface area contributed by atoms with Crippen molar-refractivity contribution in [2.75, 3.05) is 13.2 Å². The lowest BCUT2D eigenvalue weighted by atomic mass is 10.1. The molecule has 0 saturated heterocycles. The molecule has 6 heteroatoms. The molecule has 0 aliphatic carbocycles. The smallest absolute Gasteiger partial charge is 0.255 e. The molecule has 0 aliphatic rings. The maximum absolute atomic E-state index is 12.3. The molecule has 0 unspecified atom stereocenters. The monoisotopic (exact) mass is 341 g/mol. The van der Waals surface area contributed by atoms with E-state index in [0.29, 0.717) is 35.2 Å².